The highest BCUT2D eigenvalue weighted by Gasteiger charge is 2.27. The first-order valence-electron chi connectivity index (χ1n) is 8.46. The maximum Gasteiger partial charge on any atom is 0.0709 e. The first kappa shape index (κ1) is 16.5. The van der Waals surface area contributed by atoms with Crippen LogP contribution in [0.15, 0.2) is 66.4 Å². The molecule has 0 atom stereocenters. The molecule has 1 aromatic heterocycles. The van der Waals surface area contributed by atoms with Crippen LogP contribution in [0.3, 0.4) is 0 Å². The van der Waals surface area contributed by atoms with Gasteiger partial charge in [-0.3, -0.25) is 0 Å². The molecule has 2 heterocycles. The summed E-state index contributed by atoms with van der Waals surface area (Å²) >= 11 is 0. The zero-order valence-electron chi connectivity index (χ0n) is 14.9. The lowest BCUT2D eigenvalue weighted by Gasteiger charge is -2.23. The Morgan fingerprint density at radius 3 is 1.92 bits per heavy atom. The summed E-state index contributed by atoms with van der Waals surface area (Å²) in [7, 11) is 2.03. The van der Waals surface area contributed by atoms with Gasteiger partial charge in [0.2, 0.25) is 0 Å². The van der Waals surface area contributed by atoms with E-state index < -0.39 is 0 Å². The van der Waals surface area contributed by atoms with E-state index >= 15 is 0 Å². The van der Waals surface area contributed by atoms with Gasteiger partial charge in [-0.2, -0.15) is 0 Å². The molecule has 4 rings (SSSR count). The number of fused-ring (bicyclic) bond motifs is 2. The summed E-state index contributed by atoms with van der Waals surface area (Å²) in [6, 6.07) is 18.6. The summed E-state index contributed by atoms with van der Waals surface area (Å²) in [6.07, 6.45) is 3.30. The van der Waals surface area contributed by atoms with Crippen LogP contribution in [0.25, 0.3) is 21.8 Å². The molecule has 0 spiro atoms. The highest BCUT2D eigenvalue weighted by molar-refractivity contribution is 5.92. The smallest absolute Gasteiger partial charge is 0.0709 e. The summed E-state index contributed by atoms with van der Waals surface area (Å²) in [5, 5.41) is 4.43. The number of aromatic nitrogens is 1. The Kier molecular flexibility index (Phi) is 4.54. The van der Waals surface area contributed by atoms with Crippen molar-refractivity contribution >= 4 is 21.8 Å². The van der Waals surface area contributed by atoms with Gasteiger partial charge in [-0.05, 0) is 44.0 Å². The molecule has 3 aromatic rings. The summed E-state index contributed by atoms with van der Waals surface area (Å²) in [5.74, 6) is 0. The zero-order valence-corrected chi connectivity index (χ0v) is 14.9. The van der Waals surface area contributed by atoms with Crippen molar-refractivity contribution in [3.63, 3.8) is 0 Å². The second-order valence-corrected chi connectivity index (χ2v) is 6.73. The molecule has 1 aliphatic heterocycles. The molecular weight excluding hydrogens is 294 g/mol. The van der Waals surface area contributed by atoms with Crippen LogP contribution in [0, 0.1) is 0 Å². The third kappa shape index (κ3) is 3.41. The van der Waals surface area contributed by atoms with Gasteiger partial charge in [-0.1, -0.05) is 43.3 Å². The molecule has 0 radical (unpaired) electrons. The monoisotopic (exact) mass is 319 g/mol. The lowest BCUT2D eigenvalue weighted by Crippen LogP contribution is -2.41. The van der Waals surface area contributed by atoms with Crippen LogP contribution in [-0.2, 0) is 0 Å². The van der Waals surface area contributed by atoms with Crippen molar-refractivity contribution in [1.82, 2.24) is 15.4 Å². The van der Waals surface area contributed by atoms with Gasteiger partial charge in [0.15, 0.2) is 0 Å². The Labute approximate surface area is 144 Å². The quantitative estimate of drug-likeness (QED) is 0.647. The number of rotatable bonds is 1. The fourth-order valence-electron chi connectivity index (χ4n) is 3.19. The van der Waals surface area contributed by atoms with E-state index in [1.807, 2.05) is 48.5 Å². The molecule has 0 saturated heterocycles. The van der Waals surface area contributed by atoms with Crippen molar-refractivity contribution in [2.24, 2.45) is 0 Å². The number of para-hydroxylation sites is 2. The fraction of sp³-hybridized carbons (Fsp3) is 0.286. The van der Waals surface area contributed by atoms with E-state index in [4.69, 9.17) is 0 Å². The van der Waals surface area contributed by atoms with Crippen LogP contribution >= 0.6 is 0 Å². The number of hydrogen-bond donors (Lipinski definition) is 1. The number of pyridine rings is 1. The molecule has 0 amide bonds. The Hall–Kier alpha value is -2.39. The summed E-state index contributed by atoms with van der Waals surface area (Å²) in [4.78, 5) is 4.58. The van der Waals surface area contributed by atoms with Crippen LogP contribution in [0.2, 0.25) is 0 Å². The minimum Gasteiger partial charge on any atom is -0.318 e. The summed E-state index contributed by atoms with van der Waals surface area (Å²) < 4.78 is 0. The first-order valence-corrected chi connectivity index (χ1v) is 8.46. The van der Waals surface area contributed by atoms with E-state index in [1.165, 1.54) is 16.3 Å². The number of nitrogens with zero attached hydrogens (tertiary/aromatic N) is 2. The third-order valence-corrected chi connectivity index (χ3v) is 4.41. The predicted octanol–water partition coefficient (Wildman–Crippen LogP) is 4.90. The van der Waals surface area contributed by atoms with Crippen molar-refractivity contribution in [2.45, 2.75) is 32.7 Å². The summed E-state index contributed by atoms with van der Waals surface area (Å²) in [5.41, 5.74) is 7.10. The normalized spacial score (nSPS) is 16.0. The fourth-order valence-corrected chi connectivity index (χ4v) is 3.19. The van der Waals surface area contributed by atoms with Crippen molar-refractivity contribution in [2.75, 3.05) is 7.05 Å². The second-order valence-electron chi connectivity index (χ2n) is 6.73. The molecule has 124 valence electrons. The van der Waals surface area contributed by atoms with E-state index in [0.29, 0.717) is 0 Å². The van der Waals surface area contributed by atoms with Gasteiger partial charge in [0.05, 0.1) is 16.6 Å². The zero-order chi connectivity index (χ0) is 17.2. The molecule has 24 heavy (non-hydrogen) atoms. The average molecular weight is 319 g/mol. The minimum absolute atomic E-state index is 0.170. The van der Waals surface area contributed by atoms with Crippen LogP contribution in [0.1, 0.15) is 27.2 Å². The molecule has 2 aromatic carbocycles. The Morgan fingerprint density at radius 1 is 0.958 bits per heavy atom. The van der Waals surface area contributed by atoms with Crippen LogP contribution in [-0.4, -0.2) is 22.6 Å². The van der Waals surface area contributed by atoms with Crippen LogP contribution < -0.4 is 5.43 Å². The van der Waals surface area contributed by atoms with Crippen molar-refractivity contribution < 1.29 is 0 Å². The maximum atomic E-state index is 4.58. The molecule has 3 heteroatoms. The van der Waals surface area contributed by atoms with Gasteiger partial charge in [-0.25, -0.2) is 10.4 Å². The Balaban J connectivity index is 0.000000150. The minimum atomic E-state index is 0.170. The number of nitrogens with one attached hydrogen (secondary N) is 1. The van der Waals surface area contributed by atoms with Gasteiger partial charge >= 0.3 is 0 Å². The van der Waals surface area contributed by atoms with Crippen LogP contribution in [0.5, 0.6) is 0 Å². The van der Waals surface area contributed by atoms with Crippen molar-refractivity contribution in [1.29, 1.82) is 0 Å². The largest absolute Gasteiger partial charge is 0.318 e. The molecule has 0 bridgehead atoms. The van der Waals surface area contributed by atoms with Gasteiger partial charge in [0, 0.05) is 24.0 Å². The maximum absolute atomic E-state index is 4.58. The molecule has 0 unspecified atom stereocenters. The van der Waals surface area contributed by atoms with E-state index in [0.717, 1.165) is 17.5 Å². The van der Waals surface area contributed by atoms with E-state index in [1.54, 1.807) is 0 Å². The summed E-state index contributed by atoms with van der Waals surface area (Å²) in [6.45, 7) is 6.59. The van der Waals surface area contributed by atoms with Gasteiger partial charge in [0.1, 0.15) is 0 Å². The standard InChI is InChI=1S/C13H9N.C8H16N2/c1-3-7-12-10(5-1)9-11-6-2-4-8-13(11)14-12;1-5-7-6-10(4)9-8(7,2)3/h1-9H;6,9H,5H2,1-4H3. The SMILES string of the molecule is CCC1=CN(C)NC1(C)C.c1ccc2nc3ccccc3cc2c1. The number of hydrogen-bond acceptors (Lipinski definition) is 3. The highest BCUT2D eigenvalue weighted by atomic mass is 15.5. The number of benzene rings is 2. The van der Waals surface area contributed by atoms with E-state index in [9.17, 15) is 0 Å². The molecule has 1 aliphatic rings. The lowest BCUT2D eigenvalue weighted by molar-refractivity contribution is 0.276. The molecule has 0 fully saturated rings. The topological polar surface area (TPSA) is 28.2 Å². The van der Waals surface area contributed by atoms with Crippen LogP contribution in [0.4, 0.5) is 0 Å². The highest BCUT2D eigenvalue weighted by Crippen LogP contribution is 2.24. The third-order valence-electron chi connectivity index (χ3n) is 4.41. The molecule has 3 nitrogen and oxygen atoms in total. The van der Waals surface area contributed by atoms with Crippen molar-refractivity contribution in [3.8, 4) is 0 Å². The molecule has 1 N–H and O–H groups in total. The van der Waals surface area contributed by atoms with Gasteiger partial charge in [0.25, 0.3) is 0 Å². The van der Waals surface area contributed by atoms with Gasteiger partial charge in [-0.15, -0.1) is 0 Å². The van der Waals surface area contributed by atoms with Crippen molar-refractivity contribution in [3.05, 3.63) is 66.4 Å². The Bertz CT molecular complexity index is 775. The number of hydrazine groups is 1. The Morgan fingerprint density at radius 2 is 1.50 bits per heavy atom. The van der Waals surface area contributed by atoms with E-state index in [-0.39, 0.29) is 5.54 Å². The second kappa shape index (κ2) is 6.62. The van der Waals surface area contributed by atoms with Gasteiger partial charge < -0.3 is 5.01 Å². The lowest BCUT2D eigenvalue weighted by atomic mass is 9.95. The first-order chi connectivity index (χ1) is 11.5. The molecular formula is C21H25N3. The molecule has 0 saturated carbocycles. The predicted molar refractivity (Wildman–Crippen MR) is 103 cm³/mol. The molecule has 0 aliphatic carbocycles. The van der Waals surface area contributed by atoms with E-state index in [2.05, 4.69) is 55.6 Å². The average Bonchev–Trinajstić information content (AvgIpc) is 2.85.